The number of hydrogen-bond donors (Lipinski definition) is 1. The van der Waals surface area contributed by atoms with E-state index in [0.29, 0.717) is 23.7 Å². The number of halogens is 1. The molecule has 2 aromatic rings. The zero-order valence-electron chi connectivity index (χ0n) is 16.2. The molecule has 3 rings (SSSR count). The number of Topliss-reactive ketones (excluding diaryl/α,β-unsaturated/α-hetero) is 1. The summed E-state index contributed by atoms with van der Waals surface area (Å²) in [5.41, 5.74) is 0.979. The van der Waals surface area contributed by atoms with E-state index in [4.69, 9.17) is 0 Å². The van der Waals surface area contributed by atoms with Gasteiger partial charge in [0.15, 0.2) is 5.78 Å². The van der Waals surface area contributed by atoms with E-state index in [2.05, 4.69) is 17.1 Å². The van der Waals surface area contributed by atoms with Crippen molar-refractivity contribution in [2.75, 3.05) is 19.6 Å². The van der Waals surface area contributed by atoms with Gasteiger partial charge >= 0.3 is 0 Å². The second-order valence-corrected chi connectivity index (χ2v) is 8.07. The van der Waals surface area contributed by atoms with Crippen LogP contribution in [0.5, 0.6) is 0 Å². The van der Waals surface area contributed by atoms with E-state index in [1.165, 1.54) is 30.8 Å². The van der Waals surface area contributed by atoms with Crippen LogP contribution in [-0.2, 0) is 0 Å². The minimum Gasteiger partial charge on any atom is -0.350 e. The summed E-state index contributed by atoms with van der Waals surface area (Å²) in [4.78, 5) is 28.7. The van der Waals surface area contributed by atoms with E-state index in [1.54, 1.807) is 30.3 Å². The van der Waals surface area contributed by atoms with Crippen molar-refractivity contribution in [2.24, 2.45) is 0 Å². The van der Waals surface area contributed by atoms with Gasteiger partial charge in [0.1, 0.15) is 5.82 Å². The third-order valence-electron chi connectivity index (χ3n) is 5.07. The van der Waals surface area contributed by atoms with Crippen molar-refractivity contribution in [1.82, 2.24) is 10.2 Å². The number of carbonyl (C=O) groups is 2. The Morgan fingerprint density at radius 1 is 1.21 bits per heavy atom. The van der Waals surface area contributed by atoms with Gasteiger partial charge < -0.3 is 5.32 Å². The van der Waals surface area contributed by atoms with E-state index < -0.39 is 0 Å². The Hall–Kier alpha value is -2.18. The molecule has 0 aliphatic carbocycles. The monoisotopic (exact) mass is 400 g/mol. The molecule has 1 atom stereocenters. The second kappa shape index (κ2) is 9.34. The highest BCUT2D eigenvalue weighted by molar-refractivity contribution is 7.99. The maximum absolute atomic E-state index is 13.1. The average Bonchev–Trinajstić information content (AvgIpc) is 3.15. The normalized spacial score (nSPS) is 16.9. The Morgan fingerprint density at radius 3 is 2.64 bits per heavy atom. The third-order valence-corrected chi connectivity index (χ3v) is 6.15. The van der Waals surface area contributed by atoms with E-state index in [1.807, 2.05) is 0 Å². The zero-order chi connectivity index (χ0) is 20.1. The quantitative estimate of drug-likeness (QED) is 0.700. The average molecular weight is 401 g/mol. The molecule has 0 saturated carbocycles. The number of ketones is 1. The topological polar surface area (TPSA) is 49.4 Å². The predicted molar refractivity (Wildman–Crippen MR) is 110 cm³/mol. The van der Waals surface area contributed by atoms with Crippen LogP contribution < -0.4 is 5.32 Å². The number of hydrogen-bond acceptors (Lipinski definition) is 4. The molecule has 1 fully saturated rings. The van der Waals surface area contributed by atoms with Gasteiger partial charge in [-0.25, -0.2) is 4.39 Å². The van der Waals surface area contributed by atoms with Crippen LogP contribution in [0.1, 0.15) is 47.4 Å². The minimum atomic E-state index is -0.299. The first kappa shape index (κ1) is 20.6. The SMILES string of the molecule is CCN1CCCC1CNC(=O)c1ccc(Sc2ccc(F)cc2)c(C(C)=O)c1. The molecule has 6 heteroatoms. The van der Waals surface area contributed by atoms with Gasteiger partial charge in [-0.05, 0) is 75.3 Å². The van der Waals surface area contributed by atoms with Gasteiger partial charge in [0, 0.05) is 33.5 Å². The van der Waals surface area contributed by atoms with Crippen LogP contribution in [0.4, 0.5) is 4.39 Å². The molecule has 1 aliphatic heterocycles. The molecule has 0 spiro atoms. The number of rotatable bonds is 7. The van der Waals surface area contributed by atoms with Crippen LogP contribution in [0.25, 0.3) is 0 Å². The molecule has 4 nitrogen and oxygen atoms in total. The molecule has 0 aromatic heterocycles. The largest absolute Gasteiger partial charge is 0.350 e. The van der Waals surface area contributed by atoms with Gasteiger partial charge in [-0.3, -0.25) is 14.5 Å². The molecular formula is C22H25FN2O2S. The Morgan fingerprint density at radius 2 is 1.96 bits per heavy atom. The van der Waals surface area contributed by atoms with Crippen LogP contribution in [0.2, 0.25) is 0 Å². The molecule has 1 aliphatic rings. The van der Waals surface area contributed by atoms with Gasteiger partial charge in [-0.15, -0.1) is 0 Å². The minimum absolute atomic E-state index is 0.104. The van der Waals surface area contributed by atoms with Crippen molar-refractivity contribution in [1.29, 1.82) is 0 Å². The molecule has 0 radical (unpaired) electrons. The van der Waals surface area contributed by atoms with Crippen LogP contribution in [0, 0.1) is 5.82 Å². The summed E-state index contributed by atoms with van der Waals surface area (Å²) < 4.78 is 13.1. The van der Waals surface area contributed by atoms with Crippen molar-refractivity contribution < 1.29 is 14.0 Å². The number of likely N-dealkylation sites (tertiary alicyclic amines) is 1. The molecule has 1 amide bonds. The smallest absolute Gasteiger partial charge is 0.251 e. The molecule has 1 heterocycles. The first-order chi connectivity index (χ1) is 13.5. The lowest BCUT2D eigenvalue weighted by Crippen LogP contribution is -2.40. The van der Waals surface area contributed by atoms with E-state index >= 15 is 0 Å². The van der Waals surface area contributed by atoms with Crippen LogP contribution in [0.3, 0.4) is 0 Å². The summed E-state index contributed by atoms with van der Waals surface area (Å²) in [5, 5.41) is 3.01. The molecule has 148 valence electrons. The van der Waals surface area contributed by atoms with E-state index in [9.17, 15) is 14.0 Å². The lowest BCUT2D eigenvalue weighted by molar-refractivity contribution is 0.0941. The highest BCUT2D eigenvalue weighted by atomic mass is 32.2. The molecular weight excluding hydrogens is 375 g/mol. The Labute approximate surface area is 169 Å². The number of nitrogens with one attached hydrogen (secondary N) is 1. The molecule has 2 aromatic carbocycles. The molecule has 0 bridgehead atoms. The number of nitrogens with zero attached hydrogens (tertiary/aromatic N) is 1. The van der Waals surface area contributed by atoms with Crippen LogP contribution in [-0.4, -0.2) is 42.3 Å². The Balaban J connectivity index is 1.71. The van der Waals surface area contributed by atoms with Crippen molar-refractivity contribution in [3.8, 4) is 0 Å². The third kappa shape index (κ3) is 5.00. The highest BCUT2D eigenvalue weighted by Crippen LogP contribution is 2.31. The van der Waals surface area contributed by atoms with Gasteiger partial charge in [0.05, 0.1) is 0 Å². The lowest BCUT2D eigenvalue weighted by Gasteiger charge is -2.23. The van der Waals surface area contributed by atoms with Gasteiger partial charge in [0.2, 0.25) is 0 Å². The summed E-state index contributed by atoms with van der Waals surface area (Å²) in [6.45, 7) is 6.32. The molecule has 1 unspecified atom stereocenters. The van der Waals surface area contributed by atoms with Gasteiger partial charge in [-0.1, -0.05) is 18.7 Å². The molecule has 1 N–H and O–H groups in total. The fourth-order valence-corrected chi connectivity index (χ4v) is 4.49. The van der Waals surface area contributed by atoms with Crippen molar-refractivity contribution in [3.05, 3.63) is 59.4 Å². The number of amides is 1. The van der Waals surface area contributed by atoms with Crippen molar-refractivity contribution in [2.45, 2.75) is 42.5 Å². The summed E-state index contributed by atoms with van der Waals surface area (Å²) in [5.74, 6) is -0.567. The van der Waals surface area contributed by atoms with E-state index in [0.717, 1.165) is 35.7 Å². The number of carbonyl (C=O) groups excluding carboxylic acids is 2. The standard InChI is InChI=1S/C22H25FN2O2S/c1-3-25-12-4-5-18(25)14-24-22(27)16-6-11-21(20(13-16)15(2)26)28-19-9-7-17(23)8-10-19/h6-11,13,18H,3-5,12,14H2,1-2H3,(H,24,27). The zero-order valence-corrected chi connectivity index (χ0v) is 17.0. The van der Waals surface area contributed by atoms with E-state index in [-0.39, 0.29) is 17.5 Å². The maximum atomic E-state index is 13.1. The first-order valence-corrected chi connectivity index (χ1v) is 10.4. The van der Waals surface area contributed by atoms with Crippen LogP contribution in [0.15, 0.2) is 52.3 Å². The highest BCUT2D eigenvalue weighted by Gasteiger charge is 2.23. The number of benzene rings is 2. The van der Waals surface area contributed by atoms with Gasteiger partial charge in [-0.2, -0.15) is 0 Å². The van der Waals surface area contributed by atoms with Gasteiger partial charge in [0.25, 0.3) is 5.91 Å². The lowest BCUT2D eigenvalue weighted by atomic mass is 10.1. The summed E-state index contributed by atoms with van der Waals surface area (Å²) in [6, 6.07) is 11.7. The molecule has 1 saturated heterocycles. The maximum Gasteiger partial charge on any atom is 0.251 e. The Kier molecular flexibility index (Phi) is 6.86. The summed E-state index contributed by atoms with van der Waals surface area (Å²) >= 11 is 1.38. The predicted octanol–water partition coefficient (Wildman–Crippen LogP) is 4.39. The fraction of sp³-hybridized carbons (Fsp3) is 0.364. The summed E-state index contributed by atoms with van der Waals surface area (Å²) in [6.07, 6.45) is 2.26. The first-order valence-electron chi connectivity index (χ1n) is 9.58. The number of likely N-dealkylation sites (N-methyl/N-ethyl adjacent to an activating group) is 1. The molecule has 28 heavy (non-hydrogen) atoms. The van der Waals surface area contributed by atoms with Crippen molar-refractivity contribution in [3.63, 3.8) is 0 Å². The fourth-order valence-electron chi connectivity index (χ4n) is 3.52. The second-order valence-electron chi connectivity index (χ2n) is 6.96. The Bertz CT molecular complexity index is 854. The van der Waals surface area contributed by atoms with Crippen LogP contribution >= 0.6 is 11.8 Å². The van der Waals surface area contributed by atoms with Crippen molar-refractivity contribution >= 4 is 23.5 Å². The summed E-state index contributed by atoms with van der Waals surface area (Å²) in [7, 11) is 0.